The Balaban J connectivity index is 2.15. The Morgan fingerprint density at radius 3 is 2.62 bits per heavy atom. The normalized spacial score (nSPS) is 10.2. The van der Waals surface area contributed by atoms with Gasteiger partial charge in [0.05, 0.1) is 0 Å². The largest absolute Gasteiger partial charge is 0.342 e. The van der Waals surface area contributed by atoms with Gasteiger partial charge in [0.25, 0.3) is 0 Å². The zero-order valence-electron chi connectivity index (χ0n) is 6.48. The van der Waals surface area contributed by atoms with Crippen molar-refractivity contribution in [3.05, 3.63) is 35.7 Å². The minimum absolute atomic E-state index is 0.599. The van der Waals surface area contributed by atoms with Gasteiger partial charge >= 0.3 is 0 Å². The first-order valence-electron chi connectivity index (χ1n) is 3.54. The van der Waals surface area contributed by atoms with Gasteiger partial charge in [0.15, 0.2) is 0 Å². The van der Waals surface area contributed by atoms with Crippen LogP contribution in [0.3, 0.4) is 0 Å². The van der Waals surface area contributed by atoms with E-state index < -0.39 is 0 Å². The molecule has 1 aromatic heterocycles. The molecule has 0 radical (unpaired) electrons. The fourth-order valence-electron chi connectivity index (χ4n) is 0.814. The molecule has 66 valence electrons. The molecule has 5 heteroatoms. The standard InChI is InChI=1S/C8H5ClN2OS/c9-6-1-3-7(4-2-6)13-8-10-5-12-11-8/h1-5H. The van der Waals surface area contributed by atoms with Crippen LogP contribution in [0.15, 0.2) is 45.2 Å². The van der Waals surface area contributed by atoms with Gasteiger partial charge in [-0.05, 0) is 36.0 Å². The van der Waals surface area contributed by atoms with Crippen LogP contribution >= 0.6 is 23.4 Å². The molecular weight excluding hydrogens is 208 g/mol. The van der Waals surface area contributed by atoms with Crippen LogP contribution < -0.4 is 0 Å². The van der Waals surface area contributed by atoms with E-state index in [9.17, 15) is 0 Å². The molecule has 1 aromatic carbocycles. The second kappa shape index (κ2) is 3.81. The number of aromatic nitrogens is 2. The van der Waals surface area contributed by atoms with Crippen LogP contribution in [0.1, 0.15) is 0 Å². The van der Waals surface area contributed by atoms with Crippen molar-refractivity contribution >= 4 is 23.4 Å². The molecule has 0 aliphatic rings. The Labute approximate surface area is 84.1 Å². The van der Waals surface area contributed by atoms with E-state index in [1.54, 1.807) is 0 Å². The molecule has 0 spiro atoms. The summed E-state index contributed by atoms with van der Waals surface area (Å²) < 4.78 is 4.60. The summed E-state index contributed by atoms with van der Waals surface area (Å²) in [5.41, 5.74) is 0. The maximum atomic E-state index is 5.73. The molecule has 0 saturated carbocycles. The van der Waals surface area contributed by atoms with Gasteiger partial charge in [-0.1, -0.05) is 16.8 Å². The van der Waals surface area contributed by atoms with Crippen molar-refractivity contribution in [2.45, 2.75) is 10.1 Å². The molecule has 0 amide bonds. The fraction of sp³-hybridized carbons (Fsp3) is 0. The highest BCUT2D eigenvalue weighted by molar-refractivity contribution is 7.99. The molecule has 1 heterocycles. The van der Waals surface area contributed by atoms with Crippen molar-refractivity contribution in [2.24, 2.45) is 0 Å². The van der Waals surface area contributed by atoms with E-state index in [1.807, 2.05) is 24.3 Å². The van der Waals surface area contributed by atoms with Crippen molar-refractivity contribution in [1.82, 2.24) is 10.1 Å². The SMILES string of the molecule is Clc1ccc(Sc2ncon2)cc1. The molecule has 0 bridgehead atoms. The van der Waals surface area contributed by atoms with E-state index in [0.29, 0.717) is 5.16 Å². The lowest BCUT2D eigenvalue weighted by molar-refractivity contribution is 0.403. The third-order valence-corrected chi connectivity index (χ3v) is 2.49. The summed E-state index contributed by atoms with van der Waals surface area (Å²) in [4.78, 5) is 4.92. The Kier molecular flexibility index (Phi) is 2.52. The maximum absolute atomic E-state index is 5.73. The average molecular weight is 213 g/mol. The zero-order chi connectivity index (χ0) is 9.10. The summed E-state index contributed by atoms with van der Waals surface area (Å²) in [7, 11) is 0. The maximum Gasteiger partial charge on any atom is 0.234 e. The van der Waals surface area contributed by atoms with Gasteiger partial charge in [-0.3, -0.25) is 0 Å². The van der Waals surface area contributed by atoms with Gasteiger partial charge in [-0.15, -0.1) is 0 Å². The number of benzene rings is 1. The van der Waals surface area contributed by atoms with Gasteiger partial charge in [0, 0.05) is 9.92 Å². The lowest BCUT2D eigenvalue weighted by Gasteiger charge is -1.94. The minimum Gasteiger partial charge on any atom is -0.342 e. The third-order valence-electron chi connectivity index (χ3n) is 1.36. The van der Waals surface area contributed by atoms with Crippen molar-refractivity contribution in [3.63, 3.8) is 0 Å². The van der Waals surface area contributed by atoms with E-state index in [2.05, 4.69) is 14.7 Å². The number of nitrogens with zero attached hydrogens (tertiary/aromatic N) is 2. The van der Waals surface area contributed by atoms with Crippen LogP contribution in [0.5, 0.6) is 0 Å². The van der Waals surface area contributed by atoms with Gasteiger partial charge in [0.1, 0.15) is 0 Å². The first kappa shape index (κ1) is 8.59. The van der Waals surface area contributed by atoms with Crippen molar-refractivity contribution in [3.8, 4) is 0 Å². The summed E-state index contributed by atoms with van der Waals surface area (Å²) in [5.74, 6) is 0. The molecule has 3 nitrogen and oxygen atoms in total. The predicted octanol–water partition coefficient (Wildman–Crippen LogP) is 2.87. The molecule has 0 fully saturated rings. The van der Waals surface area contributed by atoms with Gasteiger partial charge < -0.3 is 4.52 Å². The van der Waals surface area contributed by atoms with E-state index in [-0.39, 0.29) is 0 Å². The Bertz CT molecular complexity index is 374. The summed E-state index contributed by atoms with van der Waals surface area (Å²) in [6.45, 7) is 0. The molecule has 0 unspecified atom stereocenters. The summed E-state index contributed by atoms with van der Waals surface area (Å²) >= 11 is 7.16. The van der Waals surface area contributed by atoms with Gasteiger partial charge in [0.2, 0.25) is 11.6 Å². The molecule has 0 aliphatic heterocycles. The molecule has 0 atom stereocenters. The Morgan fingerprint density at radius 1 is 1.23 bits per heavy atom. The number of hydrogen-bond donors (Lipinski definition) is 0. The van der Waals surface area contributed by atoms with Crippen LogP contribution in [-0.2, 0) is 0 Å². The number of hydrogen-bond acceptors (Lipinski definition) is 4. The summed E-state index contributed by atoms with van der Waals surface area (Å²) in [5, 5.41) is 5.00. The van der Waals surface area contributed by atoms with Gasteiger partial charge in [-0.25, -0.2) is 0 Å². The van der Waals surface area contributed by atoms with Crippen LogP contribution in [0, 0.1) is 0 Å². The van der Waals surface area contributed by atoms with Crippen molar-refractivity contribution in [2.75, 3.05) is 0 Å². The highest BCUT2D eigenvalue weighted by atomic mass is 35.5. The number of rotatable bonds is 2. The number of halogens is 1. The molecule has 2 aromatic rings. The smallest absolute Gasteiger partial charge is 0.234 e. The van der Waals surface area contributed by atoms with Crippen LogP contribution in [0.2, 0.25) is 5.02 Å². The third kappa shape index (κ3) is 2.23. The molecule has 0 N–H and O–H groups in total. The molecular formula is C8H5ClN2OS. The van der Waals surface area contributed by atoms with Gasteiger partial charge in [-0.2, -0.15) is 4.98 Å². The first-order valence-corrected chi connectivity index (χ1v) is 4.74. The van der Waals surface area contributed by atoms with E-state index >= 15 is 0 Å². The molecule has 13 heavy (non-hydrogen) atoms. The fourth-order valence-corrected chi connectivity index (χ4v) is 1.60. The average Bonchev–Trinajstić information content (AvgIpc) is 2.62. The lowest BCUT2D eigenvalue weighted by Crippen LogP contribution is -1.74. The van der Waals surface area contributed by atoms with Crippen molar-refractivity contribution < 1.29 is 4.52 Å². The Morgan fingerprint density at radius 2 is 2.00 bits per heavy atom. The summed E-state index contributed by atoms with van der Waals surface area (Å²) in [6.07, 6.45) is 1.30. The van der Waals surface area contributed by atoms with Crippen LogP contribution in [0.25, 0.3) is 0 Å². The molecule has 2 rings (SSSR count). The van der Waals surface area contributed by atoms with Crippen LogP contribution in [0.4, 0.5) is 0 Å². The second-order valence-electron chi connectivity index (χ2n) is 2.27. The minimum atomic E-state index is 0.599. The quantitative estimate of drug-likeness (QED) is 0.768. The van der Waals surface area contributed by atoms with E-state index in [0.717, 1.165) is 9.92 Å². The highest BCUT2D eigenvalue weighted by Gasteiger charge is 2.00. The Hall–Kier alpha value is -1.00. The van der Waals surface area contributed by atoms with Crippen molar-refractivity contribution in [1.29, 1.82) is 0 Å². The second-order valence-corrected chi connectivity index (χ2v) is 3.75. The summed E-state index contributed by atoms with van der Waals surface area (Å²) in [6, 6.07) is 7.46. The van der Waals surface area contributed by atoms with E-state index in [1.165, 1.54) is 18.2 Å². The van der Waals surface area contributed by atoms with Crippen LogP contribution in [-0.4, -0.2) is 10.1 Å². The highest BCUT2D eigenvalue weighted by Crippen LogP contribution is 2.25. The predicted molar refractivity (Wildman–Crippen MR) is 49.9 cm³/mol. The molecule has 0 saturated heterocycles. The topological polar surface area (TPSA) is 38.9 Å². The monoisotopic (exact) mass is 212 g/mol. The first-order chi connectivity index (χ1) is 6.34. The zero-order valence-corrected chi connectivity index (χ0v) is 8.05. The molecule has 0 aliphatic carbocycles. The lowest BCUT2D eigenvalue weighted by atomic mass is 10.4. The van der Waals surface area contributed by atoms with E-state index in [4.69, 9.17) is 11.6 Å².